The molecule has 42 heavy (non-hydrogen) atoms. The quantitative estimate of drug-likeness (QED) is 0.211. The lowest BCUT2D eigenvalue weighted by atomic mass is 9.96. The number of nitrogens with zero attached hydrogens (tertiary/aromatic N) is 2. The van der Waals surface area contributed by atoms with Crippen LogP contribution in [0.15, 0.2) is 98.3 Å². The van der Waals surface area contributed by atoms with Crippen molar-refractivity contribution in [2.24, 2.45) is 4.99 Å². The average Bonchev–Trinajstić information content (AvgIpc) is 3.27. The molecular formula is C33H31BrN2O5S. The lowest BCUT2D eigenvalue weighted by Crippen LogP contribution is -2.40. The first-order chi connectivity index (χ1) is 20.2. The predicted octanol–water partition coefficient (Wildman–Crippen LogP) is 5.93. The van der Waals surface area contributed by atoms with Crippen molar-refractivity contribution in [3.63, 3.8) is 0 Å². The molecule has 0 unspecified atom stereocenters. The molecule has 5 rings (SSSR count). The lowest BCUT2D eigenvalue weighted by molar-refractivity contribution is -0.143. The van der Waals surface area contributed by atoms with Gasteiger partial charge in [0.15, 0.2) is 4.80 Å². The van der Waals surface area contributed by atoms with Gasteiger partial charge >= 0.3 is 5.97 Å². The Balaban J connectivity index is 1.49. The van der Waals surface area contributed by atoms with Gasteiger partial charge in [-0.05, 0) is 86.9 Å². The van der Waals surface area contributed by atoms with Crippen LogP contribution in [0.25, 0.3) is 6.08 Å². The molecule has 1 aliphatic rings. The smallest absolute Gasteiger partial charge is 0.338 e. The number of ether oxygens (including phenoxy) is 3. The van der Waals surface area contributed by atoms with E-state index in [0.29, 0.717) is 39.6 Å². The summed E-state index contributed by atoms with van der Waals surface area (Å²) in [4.78, 5) is 32.3. The normalized spacial score (nSPS) is 14.9. The fourth-order valence-electron chi connectivity index (χ4n) is 4.65. The van der Waals surface area contributed by atoms with Crippen LogP contribution in [-0.2, 0) is 16.1 Å². The highest BCUT2D eigenvalue weighted by Crippen LogP contribution is 2.32. The molecule has 2 heterocycles. The van der Waals surface area contributed by atoms with Gasteiger partial charge in [0.05, 0.1) is 34.6 Å². The number of carbonyl (C=O) groups is 1. The molecule has 3 aromatic carbocycles. The summed E-state index contributed by atoms with van der Waals surface area (Å²) < 4.78 is 20.2. The van der Waals surface area contributed by atoms with Crippen molar-refractivity contribution in [3.05, 3.63) is 125 Å². The molecule has 1 aliphatic heterocycles. The topological polar surface area (TPSA) is 79.1 Å². The third kappa shape index (κ3) is 6.58. The zero-order chi connectivity index (χ0) is 29.8. The van der Waals surface area contributed by atoms with Crippen LogP contribution in [0.2, 0.25) is 0 Å². The number of aromatic nitrogens is 1. The number of hydrogen-bond acceptors (Lipinski definition) is 7. The van der Waals surface area contributed by atoms with E-state index in [4.69, 9.17) is 14.2 Å². The maximum atomic E-state index is 13.9. The van der Waals surface area contributed by atoms with Gasteiger partial charge < -0.3 is 14.2 Å². The number of hydrogen-bond donors (Lipinski definition) is 0. The van der Waals surface area contributed by atoms with Gasteiger partial charge in [0.25, 0.3) is 5.56 Å². The number of fused-ring (bicyclic) bond motifs is 1. The summed E-state index contributed by atoms with van der Waals surface area (Å²) >= 11 is 4.74. The third-order valence-electron chi connectivity index (χ3n) is 6.59. The van der Waals surface area contributed by atoms with E-state index in [-0.39, 0.29) is 11.7 Å². The van der Waals surface area contributed by atoms with Crippen molar-refractivity contribution in [2.75, 3.05) is 6.61 Å². The van der Waals surface area contributed by atoms with Gasteiger partial charge in [-0.3, -0.25) is 9.36 Å². The lowest BCUT2D eigenvalue weighted by Gasteiger charge is -2.25. The molecule has 1 atom stereocenters. The van der Waals surface area contributed by atoms with Crippen LogP contribution in [-0.4, -0.2) is 23.2 Å². The van der Waals surface area contributed by atoms with Crippen molar-refractivity contribution in [1.82, 2.24) is 4.57 Å². The zero-order valence-electron chi connectivity index (χ0n) is 23.8. The number of benzene rings is 3. The maximum absolute atomic E-state index is 13.9. The van der Waals surface area contributed by atoms with Gasteiger partial charge in [-0.1, -0.05) is 63.7 Å². The summed E-state index contributed by atoms with van der Waals surface area (Å²) in [5.74, 6) is 0.957. The summed E-state index contributed by atoms with van der Waals surface area (Å²) in [5, 5.41) is 0. The maximum Gasteiger partial charge on any atom is 0.338 e. The van der Waals surface area contributed by atoms with Gasteiger partial charge in [0, 0.05) is 4.47 Å². The first kappa shape index (κ1) is 29.5. The first-order valence-corrected chi connectivity index (χ1v) is 15.3. The second-order valence-electron chi connectivity index (χ2n) is 10.0. The number of halogens is 1. The monoisotopic (exact) mass is 646 g/mol. The summed E-state index contributed by atoms with van der Waals surface area (Å²) in [6.45, 7) is 8.29. The second kappa shape index (κ2) is 12.9. The molecule has 0 amide bonds. The fourth-order valence-corrected chi connectivity index (χ4v) is 5.96. The van der Waals surface area contributed by atoms with E-state index in [1.54, 1.807) is 25.3 Å². The predicted molar refractivity (Wildman–Crippen MR) is 168 cm³/mol. The number of esters is 1. The van der Waals surface area contributed by atoms with Gasteiger partial charge in [0.2, 0.25) is 0 Å². The van der Waals surface area contributed by atoms with Crippen LogP contribution in [0.1, 0.15) is 50.4 Å². The Labute approximate surface area is 256 Å². The van der Waals surface area contributed by atoms with Crippen molar-refractivity contribution in [2.45, 2.75) is 46.4 Å². The minimum atomic E-state index is -0.681. The van der Waals surface area contributed by atoms with Crippen LogP contribution in [0.3, 0.4) is 0 Å². The Kier molecular flexibility index (Phi) is 9.09. The van der Waals surface area contributed by atoms with Gasteiger partial charge in [-0.25, -0.2) is 9.79 Å². The molecule has 7 nitrogen and oxygen atoms in total. The van der Waals surface area contributed by atoms with Crippen LogP contribution in [0.5, 0.6) is 11.5 Å². The van der Waals surface area contributed by atoms with Crippen LogP contribution in [0.4, 0.5) is 0 Å². The molecule has 0 spiro atoms. The SMILES string of the molecule is CCOc1ccc([C@H]2C(C(=O)OC(C)C)=C(C)N=c3s/c(=C/c4ccc(OCc5ccc(Br)cc5)cc4)c(=O)n32)cc1. The molecule has 4 aromatic rings. The van der Waals surface area contributed by atoms with E-state index >= 15 is 0 Å². The Morgan fingerprint density at radius 3 is 2.29 bits per heavy atom. The molecule has 1 aromatic heterocycles. The van der Waals surface area contributed by atoms with Gasteiger partial charge in [-0.2, -0.15) is 0 Å². The van der Waals surface area contributed by atoms with Gasteiger partial charge in [-0.15, -0.1) is 0 Å². The van der Waals surface area contributed by atoms with E-state index in [1.165, 1.54) is 11.3 Å². The molecule has 9 heteroatoms. The van der Waals surface area contributed by atoms with Crippen LogP contribution in [0, 0.1) is 0 Å². The molecule has 0 saturated heterocycles. The van der Waals surface area contributed by atoms with Crippen molar-refractivity contribution < 1.29 is 19.0 Å². The Hall–Kier alpha value is -3.95. The van der Waals surface area contributed by atoms with E-state index in [1.807, 2.05) is 85.8 Å². The summed E-state index contributed by atoms with van der Waals surface area (Å²) in [6.07, 6.45) is 1.52. The molecule has 0 fully saturated rings. The highest BCUT2D eigenvalue weighted by molar-refractivity contribution is 9.10. The number of carbonyl (C=O) groups excluding carboxylic acids is 1. The molecule has 0 radical (unpaired) electrons. The standard InChI is InChI=1S/C33H31BrN2O5S/c1-5-39-26-16-10-24(11-17-26)30-29(32(38)41-20(2)3)21(4)35-33-36(30)31(37)28(42-33)18-22-8-14-27(15-9-22)40-19-23-6-12-25(34)13-7-23/h6-18,20,30H,5,19H2,1-4H3/b28-18+/t30-/m0/s1. The Bertz CT molecular complexity index is 1790. The van der Waals surface area contributed by atoms with E-state index in [2.05, 4.69) is 20.9 Å². The summed E-state index contributed by atoms with van der Waals surface area (Å²) in [7, 11) is 0. The Morgan fingerprint density at radius 1 is 1.00 bits per heavy atom. The number of allylic oxidation sites excluding steroid dienone is 1. The minimum Gasteiger partial charge on any atom is -0.494 e. The molecule has 0 saturated carbocycles. The largest absolute Gasteiger partial charge is 0.494 e. The number of rotatable bonds is 9. The molecule has 0 N–H and O–H groups in total. The van der Waals surface area contributed by atoms with Crippen LogP contribution < -0.4 is 24.4 Å². The third-order valence-corrected chi connectivity index (χ3v) is 8.10. The Morgan fingerprint density at radius 2 is 1.64 bits per heavy atom. The highest BCUT2D eigenvalue weighted by Gasteiger charge is 2.33. The molecule has 216 valence electrons. The van der Waals surface area contributed by atoms with E-state index in [0.717, 1.165) is 26.9 Å². The zero-order valence-corrected chi connectivity index (χ0v) is 26.2. The summed E-state index contributed by atoms with van der Waals surface area (Å²) in [5.41, 5.74) is 3.33. The summed E-state index contributed by atoms with van der Waals surface area (Å²) in [6, 6.07) is 22.3. The van der Waals surface area contributed by atoms with E-state index < -0.39 is 12.0 Å². The minimum absolute atomic E-state index is 0.226. The van der Waals surface area contributed by atoms with Crippen LogP contribution >= 0.6 is 27.3 Å². The average molecular weight is 648 g/mol. The van der Waals surface area contributed by atoms with Crippen molar-refractivity contribution in [1.29, 1.82) is 0 Å². The first-order valence-electron chi connectivity index (χ1n) is 13.7. The second-order valence-corrected chi connectivity index (χ2v) is 11.9. The number of thiazole rings is 1. The van der Waals surface area contributed by atoms with Gasteiger partial charge in [0.1, 0.15) is 18.1 Å². The highest BCUT2D eigenvalue weighted by atomic mass is 79.9. The molecule has 0 bridgehead atoms. The van der Waals surface area contributed by atoms with E-state index in [9.17, 15) is 9.59 Å². The molecule has 0 aliphatic carbocycles. The fraction of sp³-hybridized carbons (Fsp3) is 0.242. The molecular weight excluding hydrogens is 616 g/mol. The van der Waals surface area contributed by atoms with Crippen molar-refractivity contribution >= 4 is 39.3 Å². The van der Waals surface area contributed by atoms with Crippen molar-refractivity contribution in [3.8, 4) is 11.5 Å².